The molecular weight excluding hydrogens is 178 g/mol. The number of nitrogens with two attached hydrogens (primary N) is 1. The second-order valence-corrected chi connectivity index (χ2v) is 4.50. The topological polar surface area (TPSA) is 67.2 Å². The predicted octanol–water partition coefficient (Wildman–Crippen LogP) is 1.07. The molecule has 4 N–H and O–H groups in total. The van der Waals surface area contributed by atoms with E-state index < -0.39 is 0 Å². The van der Waals surface area contributed by atoms with Crippen LogP contribution in [0.25, 0.3) is 0 Å². The van der Waals surface area contributed by atoms with Crippen LogP contribution in [-0.4, -0.2) is 25.2 Å². The molecule has 4 heteroatoms. The molecule has 84 valence electrons. The summed E-state index contributed by atoms with van der Waals surface area (Å²) in [4.78, 5) is 11.3. The van der Waals surface area contributed by atoms with Gasteiger partial charge < -0.3 is 16.4 Å². The predicted molar refractivity (Wildman–Crippen MR) is 59.1 cm³/mol. The average Bonchev–Trinajstić information content (AvgIpc) is 2.02. The molecule has 4 nitrogen and oxygen atoms in total. The molecule has 1 unspecified atom stereocenters. The van der Waals surface area contributed by atoms with Crippen LogP contribution in [0.5, 0.6) is 0 Å². The molecule has 0 fully saturated rings. The molecule has 0 aromatic heterocycles. The zero-order chi connectivity index (χ0) is 11.2. The minimum atomic E-state index is -0.110. The Bertz CT molecular complexity index is 175. The minimum absolute atomic E-state index is 0.0461. The van der Waals surface area contributed by atoms with Crippen molar-refractivity contribution in [2.24, 2.45) is 11.1 Å². The number of carbonyl (C=O) groups is 1. The lowest BCUT2D eigenvalue weighted by Gasteiger charge is -2.31. The Morgan fingerprint density at radius 2 is 2.00 bits per heavy atom. The molecule has 0 aliphatic heterocycles. The molecule has 0 aromatic carbocycles. The van der Waals surface area contributed by atoms with Gasteiger partial charge in [0, 0.05) is 12.6 Å². The molecule has 1 atom stereocenters. The van der Waals surface area contributed by atoms with Crippen LogP contribution in [-0.2, 0) is 0 Å². The minimum Gasteiger partial charge on any atom is -0.338 e. The van der Waals surface area contributed by atoms with E-state index in [1.165, 1.54) is 0 Å². The molecule has 0 saturated carbocycles. The van der Waals surface area contributed by atoms with E-state index in [1.807, 2.05) is 6.92 Å². The quantitative estimate of drug-likeness (QED) is 0.637. The molecule has 0 heterocycles. The van der Waals surface area contributed by atoms with Gasteiger partial charge in [-0.25, -0.2) is 4.79 Å². The smallest absolute Gasteiger partial charge is 0.315 e. The van der Waals surface area contributed by atoms with Crippen LogP contribution in [0, 0.1) is 5.41 Å². The van der Waals surface area contributed by atoms with Gasteiger partial charge in [-0.2, -0.15) is 0 Å². The van der Waals surface area contributed by atoms with Crippen LogP contribution in [0.2, 0.25) is 0 Å². The second-order valence-electron chi connectivity index (χ2n) is 4.50. The maximum atomic E-state index is 11.3. The standard InChI is InChI=1S/C10H23N3O/c1-5-12-9(14)13-8(6-7-11)10(2,3)4/h8H,5-7,11H2,1-4H3,(H2,12,13,14). The highest BCUT2D eigenvalue weighted by molar-refractivity contribution is 5.74. The van der Waals surface area contributed by atoms with E-state index in [0.29, 0.717) is 13.1 Å². The van der Waals surface area contributed by atoms with Crippen molar-refractivity contribution in [3.63, 3.8) is 0 Å². The van der Waals surface area contributed by atoms with Crippen LogP contribution in [0.15, 0.2) is 0 Å². The Morgan fingerprint density at radius 3 is 2.36 bits per heavy atom. The van der Waals surface area contributed by atoms with Crippen LogP contribution in [0.4, 0.5) is 4.79 Å². The number of urea groups is 1. The third kappa shape index (κ3) is 5.07. The summed E-state index contributed by atoms with van der Waals surface area (Å²) in [5.41, 5.74) is 5.55. The fraction of sp³-hybridized carbons (Fsp3) is 0.900. The van der Waals surface area contributed by atoms with Gasteiger partial charge >= 0.3 is 6.03 Å². The summed E-state index contributed by atoms with van der Waals surface area (Å²) in [5.74, 6) is 0. The zero-order valence-electron chi connectivity index (χ0n) is 9.68. The summed E-state index contributed by atoms with van der Waals surface area (Å²) in [7, 11) is 0. The van der Waals surface area contributed by atoms with Gasteiger partial charge in [-0.15, -0.1) is 0 Å². The van der Waals surface area contributed by atoms with E-state index >= 15 is 0 Å². The normalized spacial score (nSPS) is 13.5. The Hall–Kier alpha value is -0.770. The van der Waals surface area contributed by atoms with Gasteiger partial charge in [-0.05, 0) is 25.3 Å². The highest BCUT2D eigenvalue weighted by atomic mass is 16.2. The Kier molecular flexibility index (Phi) is 5.53. The van der Waals surface area contributed by atoms with E-state index in [4.69, 9.17) is 5.73 Å². The number of hydrogen-bond acceptors (Lipinski definition) is 2. The van der Waals surface area contributed by atoms with Gasteiger partial charge in [0.15, 0.2) is 0 Å². The molecule has 0 aliphatic carbocycles. The number of rotatable bonds is 4. The highest BCUT2D eigenvalue weighted by Gasteiger charge is 2.25. The zero-order valence-corrected chi connectivity index (χ0v) is 9.68. The van der Waals surface area contributed by atoms with Gasteiger partial charge in [0.1, 0.15) is 0 Å². The molecule has 0 saturated heterocycles. The maximum absolute atomic E-state index is 11.3. The van der Waals surface area contributed by atoms with Crippen molar-refractivity contribution >= 4 is 6.03 Å². The van der Waals surface area contributed by atoms with E-state index in [0.717, 1.165) is 6.42 Å². The fourth-order valence-electron chi connectivity index (χ4n) is 1.26. The Balaban J connectivity index is 4.16. The van der Waals surface area contributed by atoms with Gasteiger partial charge in [0.25, 0.3) is 0 Å². The summed E-state index contributed by atoms with van der Waals surface area (Å²) >= 11 is 0. The lowest BCUT2D eigenvalue weighted by Crippen LogP contribution is -2.48. The first-order valence-electron chi connectivity index (χ1n) is 5.16. The number of amides is 2. The first-order valence-corrected chi connectivity index (χ1v) is 5.16. The fourth-order valence-corrected chi connectivity index (χ4v) is 1.26. The van der Waals surface area contributed by atoms with Crippen molar-refractivity contribution in [3.05, 3.63) is 0 Å². The second kappa shape index (κ2) is 5.86. The summed E-state index contributed by atoms with van der Waals surface area (Å²) in [6.45, 7) is 9.42. The first kappa shape index (κ1) is 13.2. The molecule has 2 amide bonds. The third-order valence-corrected chi connectivity index (χ3v) is 2.14. The van der Waals surface area contributed by atoms with Gasteiger partial charge in [0.05, 0.1) is 0 Å². The third-order valence-electron chi connectivity index (χ3n) is 2.14. The summed E-state index contributed by atoms with van der Waals surface area (Å²) < 4.78 is 0. The molecular formula is C10H23N3O. The molecule has 0 radical (unpaired) electrons. The van der Waals surface area contributed by atoms with Gasteiger partial charge in [-0.3, -0.25) is 0 Å². The molecule has 0 spiro atoms. The number of carbonyl (C=O) groups excluding carboxylic acids is 1. The first-order chi connectivity index (χ1) is 6.41. The number of hydrogen-bond donors (Lipinski definition) is 3. The van der Waals surface area contributed by atoms with Crippen molar-refractivity contribution in [2.75, 3.05) is 13.1 Å². The van der Waals surface area contributed by atoms with E-state index in [2.05, 4.69) is 31.4 Å². The van der Waals surface area contributed by atoms with E-state index in [-0.39, 0.29) is 17.5 Å². The lowest BCUT2D eigenvalue weighted by molar-refractivity contribution is 0.215. The van der Waals surface area contributed by atoms with Gasteiger partial charge in [0.2, 0.25) is 0 Å². The van der Waals surface area contributed by atoms with Crippen molar-refractivity contribution in [3.8, 4) is 0 Å². The van der Waals surface area contributed by atoms with Crippen LogP contribution in [0.3, 0.4) is 0 Å². The summed E-state index contributed by atoms with van der Waals surface area (Å²) in [6.07, 6.45) is 0.806. The molecule has 0 bridgehead atoms. The van der Waals surface area contributed by atoms with Crippen molar-refractivity contribution in [2.45, 2.75) is 40.2 Å². The van der Waals surface area contributed by atoms with Gasteiger partial charge in [-0.1, -0.05) is 20.8 Å². The largest absolute Gasteiger partial charge is 0.338 e. The lowest BCUT2D eigenvalue weighted by atomic mass is 9.85. The Morgan fingerprint density at radius 1 is 1.43 bits per heavy atom. The van der Waals surface area contributed by atoms with Crippen LogP contribution < -0.4 is 16.4 Å². The average molecular weight is 201 g/mol. The SMILES string of the molecule is CCNC(=O)NC(CCN)C(C)(C)C. The molecule has 0 aromatic rings. The van der Waals surface area contributed by atoms with E-state index in [1.54, 1.807) is 0 Å². The monoisotopic (exact) mass is 201 g/mol. The maximum Gasteiger partial charge on any atom is 0.315 e. The molecule has 0 aliphatic rings. The van der Waals surface area contributed by atoms with Crippen LogP contribution in [0.1, 0.15) is 34.1 Å². The summed E-state index contributed by atoms with van der Waals surface area (Å²) in [6, 6.07) is 0.0138. The highest BCUT2D eigenvalue weighted by Crippen LogP contribution is 2.21. The van der Waals surface area contributed by atoms with Crippen molar-refractivity contribution in [1.29, 1.82) is 0 Å². The number of nitrogens with one attached hydrogen (secondary N) is 2. The summed E-state index contributed by atoms with van der Waals surface area (Å²) in [5, 5.41) is 5.64. The van der Waals surface area contributed by atoms with Crippen molar-refractivity contribution < 1.29 is 4.79 Å². The molecule has 14 heavy (non-hydrogen) atoms. The Labute approximate surface area is 86.6 Å². The van der Waals surface area contributed by atoms with Crippen molar-refractivity contribution in [1.82, 2.24) is 10.6 Å². The van der Waals surface area contributed by atoms with Crippen LogP contribution >= 0.6 is 0 Å². The van der Waals surface area contributed by atoms with E-state index in [9.17, 15) is 4.79 Å². The molecule has 0 rings (SSSR count).